The predicted molar refractivity (Wildman–Crippen MR) is 83.8 cm³/mol. The Balaban J connectivity index is 2.40. The van der Waals surface area contributed by atoms with Crippen molar-refractivity contribution in [1.82, 2.24) is 19.5 Å². The number of nitrogens with zero attached hydrogens (tertiary/aromatic N) is 4. The molecule has 0 radical (unpaired) electrons. The maximum atomic E-state index is 12.4. The van der Waals surface area contributed by atoms with E-state index in [0.29, 0.717) is 23.2 Å². The van der Waals surface area contributed by atoms with Gasteiger partial charge in [0.2, 0.25) is 5.88 Å². The highest BCUT2D eigenvalue weighted by Gasteiger charge is 2.14. The molecule has 3 heterocycles. The number of nitrogens with one attached hydrogen (secondary N) is 1. The molecule has 1 N–H and O–H groups in total. The van der Waals surface area contributed by atoms with Crippen LogP contribution in [0.25, 0.3) is 16.9 Å². The maximum Gasteiger partial charge on any atom is 0.357 e. The summed E-state index contributed by atoms with van der Waals surface area (Å²) >= 11 is 0. The number of aromatic nitrogens is 4. The monoisotopic (exact) mass is 297 g/mol. The Morgan fingerprint density at radius 2 is 1.95 bits per heavy atom. The van der Waals surface area contributed by atoms with Gasteiger partial charge in [-0.25, -0.2) is 14.3 Å². The smallest absolute Gasteiger partial charge is 0.357 e. The highest BCUT2D eigenvalue weighted by Crippen LogP contribution is 2.20. The Bertz CT molecular complexity index is 904. The molecule has 0 aromatic carbocycles. The summed E-state index contributed by atoms with van der Waals surface area (Å²) in [5.74, 6) is 1.33. The molecule has 0 amide bonds. The van der Waals surface area contributed by atoms with E-state index in [1.807, 2.05) is 19.1 Å². The van der Waals surface area contributed by atoms with Gasteiger partial charge in [-0.3, -0.25) is 0 Å². The van der Waals surface area contributed by atoms with Gasteiger partial charge in [0.25, 0.3) is 0 Å². The molecular weight excluding hydrogens is 282 g/mol. The third-order valence-electron chi connectivity index (χ3n) is 3.26. The van der Waals surface area contributed by atoms with E-state index in [0.717, 1.165) is 11.1 Å². The van der Waals surface area contributed by atoms with Crippen molar-refractivity contribution < 1.29 is 4.74 Å². The van der Waals surface area contributed by atoms with Gasteiger partial charge < -0.3 is 10.1 Å². The van der Waals surface area contributed by atoms with Gasteiger partial charge in [-0.1, -0.05) is 6.07 Å². The molecule has 0 saturated heterocycles. The lowest BCUT2D eigenvalue weighted by atomic mass is 10.2. The quantitative estimate of drug-likeness (QED) is 0.789. The lowest BCUT2D eigenvalue weighted by Crippen LogP contribution is -2.24. The SMILES string of the molecule is CNc1nc(=O)n(-c2cccc(OC)n2)c2nc(C)ccc12. The Hall–Kier alpha value is -2.96. The molecule has 3 aromatic rings. The van der Waals surface area contributed by atoms with Crippen molar-refractivity contribution in [3.63, 3.8) is 0 Å². The summed E-state index contributed by atoms with van der Waals surface area (Å²) in [7, 11) is 3.24. The van der Waals surface area contributed by atoms with Gasteiger partial charge in [-0.05, 0) is 25.1 Å². The van der Waals surface area contributed by atoms with E-state index < -0.39 is 5.69 Å². The number of anilines is 1. The van der Waals surface area contributed by atoms with Crippen molar-refractivity contribution in [2.75, 3.05) is 19.5 Å². The first kappa shape index (κ1) is 14.0. The number of hydrogen-bond acceptors (Lipinski definition) is 6. The van der Waals surface area contributed by atoms with Gasteiger partial charge >= 0.3 is 5.69 Å². The molecule has 0 spiro atoms. The maximum absolute atomic E-state index is 12.4. The van der Waals surface area contributed by atoms with Crippen LogP contribution in [0.1, 0.15) is 5.69 Å². The van der Waals surface area contributed by atoms with Crippen molar-refractivity contribution in [2.24, 2.45) is 0 Å². The fourth-order valence-electron chi connectivity index (χ4n) is 2.23. The van der Waals surface area contributed by atoms with Crippen LogP contribution in [-0.2, 0) is 0 Å². The second-order valence-corrected chi connectivity index (χ2v) is 4.69. The predicted octanol–water partition coefficient (Wildman–Crippen LogP) is 1.53. The third kappa shape index (κ3) is 2.26. The van der Waals surface area contributed by atoms with Gasteiger partial charge in [0.1, 0.15) is 11.6 Å². The second-order valence-electron chi connectivity index (χ2n) is 4.69. The topological polar surface area (TPSA) is 81.9 Å². The van der Waals surface area contributed by atoms with Crippen molar-refractivity contribution in [2.45, 2.75) is 6.92 Å². The second kappa shape index (κ2) is 5.44. The Morgan fingerprint density at radius 3 is 2.68 bits per heavy atom. The molecule has 0 fully saturated rings. The van der Waals surface area contributed by atoms with Crippen LogP contribution in [0.3, 0.4) is 0 Å². The van der Waals surface area contributed by atoms with Gasteiger partial charge in [-0.2, -0.15) is 9.97 Å². The summed E-state index contributed by atoms with van der Waals surface area (Å²) < 4.78 is 6.50. The molecule has 112 valence electrons. The highest BCUT2D eigenvalue weighted by atomic mass is 16.5. The Kier molecular flexibility index (Phi) is 3.46. The van der Waals surface area contributed by atoms with E-state index in [4.69, 9.17) is 4.74 Å². The average Bonchev–Trinajstić information content (AvgIpc) is 2.53. The first-order valence-electron chi connectivity index (χ1n) is 6.73. The van der Waals surface area contributed by atoms with Crippen molar-refractivity contribution in [3.8, 4) is 11.7 Å². The van der Waals surface area contributed by atoms with Gasteiger partial charge in [0, 0.05) is 18.8 Å². The number of methoxy groups -OCH3 is 1. The minimum atomic E-state index is -0.448. The van der Waals surface area contributed by atoms with Crippen LogP contribution in [0.15, 0.2) is 35.1 Å². The zero-order chi connectivity index (χ0) is 15.7. The van der Waals surface area contributed by atoms with Crippen LogP contribution in [0.5, 0.6) is 5.88 Å². The standard InChI is InChI=1S/C15H15N5O2/c1-9-7-8-10-13(16-2)19-15(21)20(14(10)17-9)11-5-4-6-12(18-11)22-3/h4-8H,1-3H3,(H,16,19,21). The van der Waals surface area contributed by atoms with Crippen LogP contribution in [0.4, 0.5) is 5.82 Å². The summed E-state index contributed by atoms with van der Waals surface area (Å²) in [5, 5.41) is 3.67. The summed E-state index contributed by atoms with van der Waals surface area (Å²) in [6, 6.07) is 8.95. The molecule has 0 atom stereocenters. The van der Waals surface area contributed by atoms with E-state index in [-0.39, 0.29) is 0 Å². The summed E-state index contributed by atoms with van der Waals surface area (Å²) in [6.07, 6.45) is 0. The molecule has 0 saturated carbocycles. The third-order valence-corrected chi connectivity index (χ3v) is 3.26. The van der Waals surface area contributed by atoms with Crippen LogP contribution in [-0.4, -0.2) is 33.7 Å². The molecular formula is C15H15N5O2. The van der Waals surface area contributed by atoms with E-state index in [1.165, 1.54) is 11.7 Å². The van der Waals surface area contributed by atoms with Gasteiger partial charge in [-0.15, -0.1) is 0 Å². The molecule has 0 aliphatic rings. The van der Waals surface area contributed by atoms with Gasteiger partial charge in [0.15, 0.2) is 5.65 Å². The van der Waals surface area contributed by atoms with Crippen molar-refractivity contribution in [3.05, 3.63) is 46.5 Å². The normalized spacial score (nSPS) is 10.7. The molecule has 0 unspecified atom stereocenters. The molecule has 3 aromatic heterocycles. The first-order valence-corrected chi connectivity index (χ1v) is 6.73. The fourth-order valence-corrected chi connectivity index (χ4v) is 2.23. The number of aryl methyl sites for hydroxylation is 1. The Morgan fingerprint density at radius 1 is 1.14 bits per heavy atom. The van der Waals surface area contributed by atoms with Gasteiger partial charge in [0.05, 0.1) is 12.5 Å². The zero-order valence-electron chi connectivity index (χ0n) is 12.5. The van der Waals surface area contributed by atoms with E-state index in [2.05, 4.69) is 20.3 Å². The molecule has 0 aliphatic carbocycles. The van der Waals surface area contributed by atoms with Crippen LogP contribution >= 0.6 is 0 Å². The van der Waals surface area contributed by atoms with E-state index in [9.17, 15) is 4.79 Å². The van der Waals surface area contributed by atoms with Crippen molar-refractivity contribution in [1.29, 1.82) is 0 Å². The fraction of sp³-hybridized carbons (Fsp3) is 0.200. The van der Waals surface area contributed by atoms with Crippen LogP contribution in [0, 0.1) is 6.92 Å². The summed E-state index contributed by atoms with van der Waals surface area (Å²) in [5.41, 5.74) is 0.859. The highest BCUT2D eigenvalue weighted by molar-refractivity contribution is 5.87. The molecule has 7 heteroatoms. The zero-order valence-corrected chi connectivity index (χ0v) is 12.5. The summed E-state index contributed by atoms with van der Waals surface area (Å²) in [4.78, 5) is 25.2. The molecule has 22 heavy (non-hydrogen) atoms. The number of ether oxygens (including phenoxy) is 1. The lowest BCUT2D eigenvalue weighted by molar-refractivity contribution is 0.397. The largest absolute Gasteiger partial charge is 0.481 e. The van der Waals surface area contributed by atoms with Crippen LogP contribution < -0.4 is 15.7 Å². The molecule has 0 bridgehead atoms. The minimum absolute atomic E-state index is 0.419. The van der Waals surface area contributed by atoms with Crippen molar-refractivity contribution >= 4 is 16.9 Å². The first-order chi connectivity index (χ1) is 10.6. The van der Waals surface area contributed by atoms with E-state index >= 15 is 0 Å². The number of rotatable bonds is 3. The molecule has 3 rings (SSSR count). The average molecular weight is 297 g/mol. The summed E-state index contributed by atoms with van der Waals surface area (Å²) in [6.45, 7) is 1.87. The van der Waals surface area contributed by atoms with E-state index in [1.54, 1.807) is 25.2 Å². The minimum Gasteiger partial charge on any atom is -0.481 e. The lowest BCUT2D eigenvalue weighted by Gasteiger charge is -2.12. The number of hydrogen-bond donors (Lipinski definition) is 1. The number of fused-ring (bicyclic) bond motifs is 1. The molecule has 7 nitrogen and oxygen atoms in total. The van der Waals surface area contributed by atoms with Crippen LogP contribution in [0.2, 0.25) is 0 Å². The molecule has 0 aliphatic heterocycles. The number of pyridine rings is 2. The Labute approximate surface area is 126 Å².